The van der Waals surface area contributed by atoms with Crippen LogP contribution < -0.4 is 4.72 Å². The van der Waals surface area contributed by atoms with Crippen molar-refractivity contribution in [2.24, 2.45) is 0 Å². The minimum absolute atomic E-state index is 0.242. The Morgan fingerprint density at radius 2 is 2.07 bits per heavy atom. The zero-order chi connectivity index (χ0) is 10.8. The maximum atomic E-state index is 11.6. The Morgan fingerprint density at radius 1 is 1.43 bits per heavy atom. The highest BCUT2D eigenvalue weighted by molar-refractivity contribution is 7.89. The van der Waals surface area contributed by atoms with Crippen LogP contribution in [0, 0.1) is 6.92 Å². The molecular formula is C9H12ClNO2S. The van der Waals surface area contributed by atoms with E-state index in [4.69, 9.17) is 11.6 Å². The molecule has 0 unspecified atom stereocenters. The van der Waals surface area contributed by atoms with E-state index in [9.17, 15) is 8.42 Å². The summed E-state index contributed by atoms with van der Waals surface area (Å²) < 4.78 is 25.7. The van der Waals surface area contributed by atoms with Gasteiger partial charge in [0.2, 0.25) is 10.0 Å². The molecule has 0 heterocycles. The average Bonchev–Trinajstić information content (AvgIpc) is 2.09. The topological polar surface area (TPSA) is 46.2 Å². The van der Waals surface area contributed by atoms with Crippen molar-refractivity contribution in [2.75, 3.05) is 6.54 Å². The molecule has 14 heavy (non-hydrogen) atoms. The summed E-state index contributed by atoms with van der Waals surface area (Å²) in [5, 5.41) is 0.423. The number of sulfonamides is 1. The van der Waals surface area contributed by atoms with E-state index in [-0.39, 0.29) is 4.90 Å². The Morgan fingerprint density at radius 3 is 2.64 bits per heavy atom. The number of rotatable bonds is 3. The SMILES string of the molecule is CCNS(=O)(=O)c1cc(Cl)ccc1C. The van der Waals surface area contributed by atoms with Gasteiger partial charge in [-0.05, 0) is 24.6 Å². The van der Waals surface area contributed by atoms with Gasteiger partial charge in [-0.3, -0.25) is 0 Å². The molecule has 1 aromatic carbocycles. The summed E-state index contributed by atoms with van der Waals surface area (Å²) in [6.45, 7) is 3.84. The zero-order valence-corrected chi connectivity index (χ0v) is 9.61. The number of benzene rings is 1. The van der Waals surface area contributed by atoms with Crippen molar-refractivity contribution >= 4 is 21.6 Å². The molecule has 0 atom stereocenters. The largest absolute Gasteiger partial charge is 0.240 e. The summed E-state index contributed by atoms with van der Waals surface area (Å²) in [6.07, 6.45) is 0. The number of halogens is 1. The fourth-order valence-electron chi connectivity index (χ4n) is 1.13. The van der Waals surface area contributed by atoms with E-state index < -0.39 is 10.0 Å². The molecule has 0 aliphatic carbocycles. The van der Waals surface area contributed by atoms with E-state index in [0.717, 1.165) is 0 Å². The maximum absolute atomic E-state index is 11.6. The van der Waals surface area contributed by atoms with Gasteiger partial charge in [0.05, 0.1) is 4.90 Å². The molecule has 3 nitrogen and oxygen atoms in total. The van der Waals surface area contributed by atoms with Crippen LogP contribution in [0.3, 0.4) is 0 Å². The van der Waals surface area contributed by atoms with Crippen LogP contribution in [0.4, 0.5) is 0 Å². The van der Waals surface area contributed by atoms with Crippen LogP contribution in [-0.2, 0) is 10.0 Å². The van der Waals surface area contributed by atoms with Crippen LogP contribution in [0.1, 0.15) is 12.5 Å². The number of hydrogen-bond donors (Lipinski definition) is 1. The lowest BCUT2D eigenvalue weighted by atomic mass is 10.2. The second kappa shape index (κ2) is 4.29. The monoisotopic (exact) mass is 233 g/mol. The van der Waals surface area contributed by atoms with Gasteiger partial charge in [0.1, 0.15) is 0 Å². The van der Waals surface area contributed by atoms with E-state index in [1.165, 1.54) is 6.07 Å². The van der Waals surface area contributed by atoms with Gasteiger partial charge in [0.15, 0.2) is 0 Å². The van der Waals surface area contributed by atoms with Gasteiger partial charge >= 0.3 is 0 Å². The lowest BCUT2D eigenvalue weighted by Gasteiger charge is -2.07. The van der Waals surface area contributed by atoms with Crippen molar-refractivity contribution in [1.82, 2.24) is 4.72 Å². The number of nitrogens with one attached hydrogen (secondary N) is 1. The summed E-state index contributed by atoms with van der Waals surface area (Å²) in [5.41, 5.74) is 0.690. The van der Waals surface area contributed by atoms with Gasteiger partial charge in [-0.2, -0.15) is 0 Å². The van der Waals surface area contributed by atoms with Crippen molar-refractivity contribution in [3.05, 3.63) is 28.8 Å². The summed E-state index contributed by atoms with van der Waals surface area (Å²) in [7, 11) is -3.40. The fraction of sp³-hybridized carbons (Fsp3) is 0.333. The molecule has 5 heteroatoms. The fourth-order valence-corrected chi connectivity index (χ4v) is 2.68. The Labute approximate surface area is 89.1 Å². The lowest BCUT2D eigenvalue weighted by molar-refractivity contribution is 0.583. The molecule has 0 radical (unpaired) electrons. The molecule has 0 aromatic heterocycles. The predicted octanol–water partition coefficient (Wildman–Crippen LogP) is 1.95. The zero-order valence-electron chi connectivity index (χ0n) is 8.04. The summed E-state index contributed by atoms with van der Waals surface area (Å²) in [5.74, 6) is 0. The van der Waals surface area contributed by atoms with Gasteiger partial charge in [0.25, 0.3) is 0 Å². The molecule has 0 amide bonds. The van der Waals surface area contributed by atoms with Gasteiger partial charge in [-0.15, -0.1) is 0 Å². The summed E-state index contributed by atoms with van der Waals surface area (Å²) in [4.78, 5) is 0.242. The molecule has 1 aromatic rings. The molecule has 1 N–H and O–H groups in total. The van der Waals surface area contributed by atoms with Gasteiger partial charge < -0.3 is 0 Å². The number of aryl methyl sites for hydroxylation is 1. The smallest absolute Gasteiger partial charge is 0.211 e. The highest BCUT2D eigenvalue weighted by atomic mass is 35.5. The first kappa shape index (κ1) is 11.5. The number of hydrogen-bond acceptors (Lipinski definition) is 2. The molecule has 1 rings (SSSR count). The van der Waals surface area contributed by atoms with Gasteiger partial charge in [0, 0.05) is 11.6 Å². The molecule has 0 aliphatic rings. The lowest BCUT2D eigenvalue weighted by Crippen LogP contribution is -2.23. The first-order chi connectivity index (χ1) is 6.47. The molecule has 0 saturated carbocycles. The van der Waals surface area contributed by atoms with Crippen molar-refractivity contribution in [3.63, 3.8) is 0 Å². The highest BCUT2D eigenvalue weighted by Gasteiger charge is 2.15. The van der Waals surface area contributed by atoms with Crippen molar-refractivity contribution in [3.8, 4) is 0 Å². The Bertz CT molecular complexity index is 428. The molecule has 0 saturated heterocycles. The van der Waals surface area contributed by atoms with E-state index in [1.54, 1.807) is 26.0 Å². The third-order valence-electron chi connectivity index (χ3n) is 1.77. The maximum Gasteiger partial charge on any atom is 0.240 e. The molecular weight excluding hydrogens is 222 g/mol. The summed E-state index contributed by atoms with van der Waals surface area (Å²) >= 11 is 5.73. The minimum Gasteiger partial charge on any atom is -0.211 e. The van der Waals surface area contributed by atoms with Crippen LogP contribution in [0.2, 0.25) is 5.02 Å². The van der Waals surface area contributed by atoms with Gasteiger partial charge in [-0.25, -0.2) is 13.1 Å². The first-order valence-corrected chi connectivity index (χ1v) is 6.09. The van der Waals surface area contributed by atoms with Crippen LogP contribution in [0.25, 0.3) is 0 Å². The van der Waals surface area contributed by atoms with Crippen LogP contribution >= 0.6 is 11.6 Å². The van der Waals surface area contributed by atoms with Crippen molar-refractivity contribution < 1.29 is 8.42 Å². The third-order valence-corrected chi connectivity index (χ3v) is 3.70. The van der Waals surface area contributed by atoms with E-state index in [0.29, 0.717) is 17.1 Å². The van der Waals surface area contributed by atoms with Crippen molar-refractivity contribution in [2.45, 2.75) is 18.7 Å². The van der Waals surface area contributed by atoms with E-state index in [2.05, 4.69) is 4.72 Å². The van der Waals surface area contributed by atoms with Crippen molar-refractivity contribution in [1.29, 1.82) is 0 Å². The van der Waals surface area contributed by atoms with Gasteiger partial charge in [-0.1, -0.05) is 24.6 Å². The summed E-state index contributed by atoms with van der Waals surface area (Å²) in [6, 6.07) is 4.81. The Kier molecular flexibility index (Phi) is 3.53. The molecule has 0 aliphatic heterocycles. The normalized spacial score (nSPS) is 11.6. The minimum atomic E-state index is -3.40. The molecule has 0 fully saturated rings. The second-order valence-electron chi connectivity index (χ2n) is 2.91. The second-order valence-corrected chi connectivity index (χ2v) is 5.08. The van der Waals surface area contributed by atoms with E-state index >= 15 is 0 Å². The van der Waals surface area contributed by atoms with E-state index in [1.807, 2.05) is 0 Å². The first-order valence-electron chi connectivity index (χ1n) is 4.23. The Hall–Kier alpha value is -0.580. The average molecular weight is 234 g/mol. The molecule has 0 bridgehead atoms. The Balaban J connectivity index is 3.25. The quantitative estimate of drug-likeness (QED) is 0.868. The van der Waals surface area contributed by atoms with Crippen LogP contribution in [0.5, 0.6) is 0 Å². The third kappa shape index (κ3) is 2.47. The molecule has 0 spiro atoms. The van der Waals surface area contributed by atoms with Crippen LogP contribution in [0.15, 0.2) is 23.1 Å². The predicted molar refractivity (Wildman–Crippen MR) is 57.1 cm³/mol. The highest BCUT2D eigenvalue weighted by Crippen LogP contribution is 2.19. The standard InChI is InChI=1S/C9H12ClNO2S/c1-3-11-14(12,13)9-6-8(10)5-4-7(9)2/h4-6,11H,3H2,1-2H3. The van der Waals surface area contributed by atoms with Crippen LogP contribution in [-0.4, -0.2) is 15.0 Å². The molecule has 78 valence electrons.